The van der Waals surface area contributed by atoms with Gasteiger partial charge in [0, 0.05) is 5.69 Å². The summed E-state index contributed by atoms with van der Waals surface area (Å²) in [5, 5.41) is 0.157. The van der Waals surface area contributed by atoms with Crippen molar-refractivity contribution in [3.63, 3.8) is 0 Å². The molecule has 0 N–H and O–H groups in total. The van der Waals surface area contributed by atoms with E-state index in [9.17, 15) is 9.18 Å². The lowest BCUT2D eigenvalue weighted by molar-refractivity contribution is -0.115. The third-order valence-corrected chi connectivity index (χ3v) is 3.34. The van der Waals surface area contributed by atoms with Crippen molar-refractivity contribution in [3.05, 3.63) is 58.9 Å². The Bertz CT molecular complexity index is 628. The smallest absolute Gasteiger partial charge is 0.246 e. The number of hydrogen-bond acceptors (Lipinski definition) is 1. The summed E-state index contributed by atoms with van der Waals surface area (Å²) in [6, 6.07) is 11.2. The molecule has 0 aliphatic heterocycles. The Morgan fingerprint density at radius 2 is 1.85 bits per heavy atom. The minimum atomic E-state index is -0.457. The number of aryl methyl sites for hydroxylation is 1. The Morgan fingerprint density at radius 1 is 1.20 bits per heavy atom. The van der Waals surface area contributed by atoms with Crippen LogP contribution < -0.4 is 4.90 Å². The molecule has 0 bridgehead atoms. The Morgan fingerprint density at radius 3 is 2.40 bits per heavy atom. The second kappa shape index (κ2) is 6.25. The summed E-state index contributed by atoms with van der Waals surface area (Å²) in [7, 11) is 0. The third-order valence-electron chi connectivity index (χ3n) is 2.81. The maximum atomic E-state index is 13.1. The minimum Gasteiger partial charge on any atom is -0.279 e. The van der Waals surface area contributed by atoms with Crippen molar-refractivity contribution in [1.82, 2.24) is 0 Å². The molecule has 0 spiro atoms. The highest BCUT2D eigenvalue weighted by Gasteiger charge is 2.19. The molecule has 0 saturated heterocycles. The first kappa shape index (κ1) is 14.8. The largest absolute Gasteiger partial charge is 0.279 e. The van der Waals surface area contributed by atoms with E-state index >= 15 is 0 Å². The predicted octanol–water partition coefficient (Wildman–Crippen LogP) is 4.69. The first-order chi connectivity index (χ1) is 9.52. The van der Waals surface area contributed by atoms with E-state index in [0.29, 0.717) is 11.4 Å². The Kier molecular flexibility index (Phi) is 4.63. The maximum absolute atomic E-state index is 13.1. The van der Waals surface area contributed by atoms with Crippen LogP contribution in [0.5, 0.6) is 0 Å². The Labute approximate surface area is 126 Å². The first-order valence-electron chi connectivity index (χ1n) is 5.93. The van der Waals surface area contributed by atoms with Crippen LogP contribution in [0.1, 0.15) is 5.56 Å². The van der Waals surface area contributed by atoms with Gasteiger partial charge in [-0.15, -0.1) is 11.6 Å². The number of rotatable bonds is 3. The zero-order chi connectivity index (χ0) is 14.7. The second-order valence-electron chi connectivity index (χ2n) is 4.29. The molecule has 2 aromatic carbocycles. The fourth-order valence-corrected chi connectivity index (χ4v) is 2.20. The van der Waals surface area contributed by atoms with E-state index < -0.39 is 5.82 Å². The predicted molar refractivity (Wildman–Crippen MR) is 80.5 cm³/mol. The zero-order valence-corrected chi connectivity index (χ0v) is 12.2. The molecule has 0 saturated carbocycles. The molecule has 0 radical (unpaired) electrons. The van der Waals surface area contributed by atoms with Crippen molar-refractivity contribution in [1.29, 1.82) is 0 Å². The van der Waals surface area contributed by atoms with Gasteiger partial charge in [-0.25, -0.2) is 4.39 Å². The lowest BCUT2D eigenvalue weighted by atomic mass is 10.2. The van der Waals surface area contributed by atoms with Gasteiger partial charge in [-0.2, -0.15) is 0 Å². The van der Waals surface area contributed by atoms with Crippen molar-refractivity contribution in [2.24, 2.45) is 0 Å². The molecule has 104 valence electrons. The van der Waals surface area contributed by atoms with E-state index in [1.54, 1.807) is 12.1 Å². The number of anilines is 2. The molecular formula is C15H12Cl2FNO. The summed E-state index contributed by atoms with van der Waals surface area (Å²) in [4.78, 5) is 13.5. The highest BCUT2D eigenvalue weighted by molar-refractivity contribution is 6.35. The summed E-state index contributed by atoms with van der Waals surface area (Å²) in [6.45, 7) is 1.95. The highest BCUT2D eigenvalue weighted by Crippen LogP contribution is 2.32. The summed E-state index contributed by atoms with van der Waals surface area (Å²) < 4.78 is 13.1. The molecule has 0 aliphatic rings. The number of benzene rings is 2. The standard InChI is InChI=1S/C15H12Cl2FNO/c1-10-2-5-12(6-3-10)19(15(20)9-16)14-7-4-11(18)8-13(14)17/h2-8H,9H2,1H3. The number of alkyl halides is 1. The van der Waals surface area contributed by atoms with Gasteiger partial charge in [-0.3, -0.25) is 9.69 Å². The first-order valence-corrected chi connectivity index (χ1v) is 6.85. The molecule has 20 heavy (non-hydrogen) atoms. The van der Waals surface area contributed by atoms with Crippen molar-refractivity contribution < 1.29 is 9.18 Å². The zero-order valence-electron chi connectivity index (χ0n) is 10.7. The lowest BCUT2D eigenvalue weighted by Gasteiger charge is -2.23. The molecule has 0 heterocycles. The van der Waals surface area contributed by atoms with Gasteiger partial charge in [-0.05, 0) is 37.3 Å². The molecule has 2 aromatic rings. The number of carbonyl (C=O) groups excluding carboxylic acids is 1. The summed E-state index contributed by atoms with van der Waals surface area (Å²) in [6.07, 6.45) is 0. The molecular weight excluding hydrogens is 300 g/mol. The number of hydrogen-bond donors (Lipinski definition) is 0. The van der Waals surface area contributed by atoms with Crippen LogP contribution in [-0.4, -0.2) is 11.8 Å². The highest BCUT2D eigenvalue weighted by atomic mass is 35.5. The molecule has 0 aromatic heterocycles. The molecule has 2 rings (SSSR count). The van der Waals surface area contributed by atoms with E-state index in [2.05, 4.69) is 0 Å². The molecule has 0 fully saturated rings. The molecule has 0 aliphatic carbocycles. The fourth-order valence-electron chi connectivity index (χ4n) is 1.83. The van der Waals surface area contributed by atoms with E-state index in [4.69, 9.17) is 23.2 Å². The van der Waals surface area contributed by atoms with Crippen molar-refractivity contribution in [2.75, 3.05) is 10.8 Å². The normalized spacial score (nSPS) is 10.4. The van der Waals surface area contributed by atoms with Gasteiger partial charge in [0.2, 0.25) is 5.91 Å². The molecule has 5 heteroatoms. The number of amides is 1. The van der Waals surface area contributed by atoms with Crippen LogP contribution in [0.4, 0.5) is 15.8 Å². The van der Waals surface area contributed by atoms with Crippen LogP contribution in [0.25, 0.3) is 0 Å². The molecule has 1 amide bonds. The second-order valence-corrected chi connectivity index (χ2v) is 4.97. The summed E-state index contributed by atoms with van der Waals surface area (Å²) in [5.41, 5.74) is 2.11. The monoisotopic (exact) mass is 311 g/mol. The topological polar surface area (TPSA) is 20.3 Å². The minimum absolute atomic E-state index is 0.157. The van der Waals surface area contributed by atoms with Crippen LogP contribution in [0.3, 0.4) is 0 Å². The average molecular weight is 312 g/mol. The van der Waals surface area contributed by atoms with Crippen LogP contribution in [0, 0.1) is 12.7 Å². The maximum Gasteiger partial charge on any atom is 0.246 e. The number of halogens is 3. The van der Waals surface area contributed by atoms with Crippen molar-refractivity contribution in [3.8, 4) is 0 Å². The number of nitrogens with zero attached hydrogens (tertiary/aromatic N) is 1. The van der Waals surface area contributed by atoms with Gasteiger partial charge in [0.15, 0.2) is 0 Å². The lowest BCUT2D eigenvalue weighted by Crippen LogP contribution is -2.27. The van der Waals surface area contributed by atoms with Gasteiger partial charge in [0.25, 0.3) is 0 Å². The Hall–Kier alpha value is -1.58. The van der Waals surface area contributed by atoms with Gasteiger partial charge < -0.3 is 0 Å². The molecule has 0 unspecified atom stereocenters. The third kappa shape index (κ3) is 3.11. The SMILES string of the molecule is Cc1ccc(N(C(=O)CCl)c2ccc(F)cc2Cl)cc1. The van der Waals surface area contributed by atoms with Crippen LogP contribution in [0.2, 0.25) is 5.02 Å². The van der Waals surface area contributed by atoms with E-state index in [-0.39, 0.29) is 16.8 Å². The van der Waals surface area contributed by atoms with Gasteiger partial charge in [0.05, 0.1) is 10.7 Å². The van der Waals surface area contributed by atoms with E-state index in [1.807, 2.05) is 19.1 Å². The average Bonchev–Trinajstić information content (AvgIpc) is 2.43. The summed E-state index contributed by atoms with van der Waals surface area (Å²) in [5.74, 6) is -0.980. The van der Waals surface area contributed by atoms with Gasteiger partial charge in [0.1, 0.15) is 11.7 Å². The molecule has 0 atom stereocenters. The fraction of sp³-hybridized carbons (Fsp3) is 0.133. The van der Waals surface area contributed by atoms with Gasteiger partial charge >= 0.3 is 0 Å². The van der Waals surface area contributed by atoms with Crippen LogP contribution in [0.15, 0.2) is 42.5 Å². The van der Waals surface area contributed by atoms with E-state index in [0.717, 1.165) is 5.56 Å². The van der Waals surface area contributed by atoms with Crippen LogP contribution in [-0.2, 0) is 4.79 Å². The van der Waals surface area contributed by atoms with Crippen molar-refractivity contribution >= 4 is 40.5 Å². The summed E-state index contributed by atoms with van der Waals surface area (Å²) >= 11 is 11.7. The van der Waals surface area contributed by atoms with Crippen LogP contribution >= 0.6 is 23.2 Å². The Balaban J connectivity index is 2.52. The number of carbonyl (C=O) groups is 1. The van der Waals surface area contributed by atoms with E-state index in [1.165, 1.54) is 23.1 Å². The van der Waals surface area contributed by atoms with Gasteiger partial charge in [-0.1, -0.05) is 29.3 Å². The quantitative estimate of drug-likeness (QED) is 0.753. The van der Waals surface area contributed by atoms with Crippen molar-refractivity contribution in [2.45, 2.75) is 6.92 Å². The molecule has 2 nitrogen and oxygen atoms in total.